The molecule has 0 bridgehead atoms. The quantitative estimate of drug-likeness (QED) is 0.761. The van der Waals surface area contributed by atoms with E-state index in [4.69, 9.17) is 14.2 Å². The van der Waals surface area contributed by atoms with Gasteiger partial charge in [0.05, 0.1) is 40.0 Å². The van der Waals surface area contributed by atoms with Crippen LogP contribution in [0.3, 0.4) is 0 Å². The Morgan fingerprint density at radius 1 is 1.10 bits per heavy atom. The first-order chi connectivity index (χ1) is 10.2. The van der Waals surface area contributed by atoms with Gasteiger partial charge in [0.2, 0.25) is 5.75 Å². The minimum absolute atomic E-state index is 0.429. The second-order valence-corrected chi connectivity index (χ2v) is 5.36. The van der Waals surface area contributed by atoms with E-state index in [0.29, 0.717) is 11.8 Å². The maximum absolute atomic E-state index is 5.71. The smallest absolute Gasteiger partial charge is 0.203 e. The zero-order valence-corrected chi connectivity index (χ0v) is 13.8. The molecule has 2 rings (SSSR count). The van der Waals surface area contributed by atoms with Crippen LogP contribution in [0, 0.1) is 0 Å². The Balaban J connectivity index is 2.60. The first-order valence-corrected chi connectivity index (χ1v) is 7.69. The number of nitrogens with one attached hydrogen (secondary N) is 1. The van der Waals surface area contributed by atoms with Crippen LogP contribution in [0.25, 0.3) is 0 Å². The number of likely N-dealkylation sites (N-methyl/N-ethyl adjacent to an activating group) is 1. The normalized spacial score (nSPS) is 17.5. The van der Waals surface area contributed by atoms with Crippen molar-refractivity contribution in [3.8, 4) is 17.2 Å². The monoisotopic (exact) mass is 296 g/mol. The van der Waals surface area contributed by atoms with Crippen molar-refractivity contribution in [3.63, 3.8) is 0 Å². The second-order valence-electron chi connectivity index (χ2n) is 5.36. The van der Waals surface area contributed by atoms with Gasteiger partial charge in [-0.2, -0.15) is 0 Å². The summed E-state index contributed by atoms with van der Waals surface area (Å²) in [4.78, 5) is 1.57. The summed E-state index contributed by atoms with van der Waals surface area (Å²) in [5.74, 6) is 2.29. The Hall–Kier alpha value is -1.46. The molecule has 1 heterocycles. The van der Waals surface area contributed by atoms with E-state index in [0.717, 1.165) is 37.7 Å². The summed E-state index contributed by atoms with van der Waals surface area (Å²) >= 11 is 0. The number of quaternary nitrogens is 2. The predicted molar refractivity (Wildman–Crippen MR) is 81.4 cm³/mol. The molecule has 118 valence electrons. The van der Waals surface area contributed by atoms with E-state index in [1.165, 1.54) is 11.1 Å². The van der Waals surface area contributed by atoms with Crippen LogP contribution >= 0.6 is 0 Å². The van der Waals surface area contributed by atoms with Crippen LogP contribution in [0.4, 0.5) is 0 Å². The van der Waals surface area contributed by atoms with Gasteiger partial charge in [-0.25, -0.2) is 0 Å². The largest absolute Gasteiger partial charge is 0.493 e. The summed E-state index contributed by atoms with van der Waals surface area (Å²) in [5, 5.41) is 2.36. The minimum atomic E-state index is 0.429. The molecule has 1 atom stereocenters. The molecule has 5 nitrogen and oxygen atoms in total. The van der Waals surface area contributed by atoms with Gasteiger partial charge in [0.15, 0.2) is 17.5 Å². The summed E-state index contributed by atoms with van der Waals surface area (Å²) in [7, 11) is 5.05. The molecule has 0 saturated carbocycles. The van der Waals surface area contributed by atoms with Gasteiger partial charge in [-0.15, -0.1) is 0 Å². The van der Waals surface area contributed by atoms with Crippen LogP contribution < -0.4 is 24.4 Å². The lowest BCUT2D eigenvalue weighted by atomic mass is 9.93. The van der Waals surface area contributed by atoms with Crippen molar-refractivity contribution in [1.82, 2.24) is 0 Å². The Bertz CT molecular complexity index is 487. The Labute approximate surface area is 127 Å². The molecule has 1 aromatic rings. The Kier molecular flexibility index (Phi) is 5.31. The van der Waals surface area contributed by atoms with Gasteiger partial charge in [-0.1, -0.05) is 0 Å². The van der Waals surface area contributed by atoms with Crippen molar-refractivity contribution in [2.45, 2.75) is 26.4 Å². The molecule has 0 amide bonds. The van der Waals surface area contributed by atoms with Crippen LogP contribution in [0.15, 0.2) is 6.07 Å². The first-order valence-electron chi connectivity index (χ1n) is 7.69. The standard InChI is InChI=1S/C16H26N2O3/c1-6-18(7-2)12-10-17-9-11-8-13(19-3)15(20-4)16(21-5)14(11)12/h8,12,17H,6-7,9-10H2,1-5H3/p+2/t12-/m0/s1. The molecule has 5 heteroatoms. The fraction of sp³-hybridized carbons (Fsp3) is 0.625. The van der Waals surface area contributed by atoms with Gasteiger partial charge in [0.25, 0.3) is 0 Å². The van der Waals surface area contributed by atoms with Gasteiger partial charge in [0, 0.05) is 5.56 Å². The highest BCUT2D eigenvalue weighted by molar-refractivity contribution is 5.60. The van der Waals surface area contributed by atoms with Crippen LogP contribution in [0.1, 0.15) is 31.0 Å². The number of nitrogens with two attached hydrogens (primary N) is 1. The number of hydrogen-bond donors (Lipinski definition) is 2. The molecule has 0 radical (unpaired) electrons. The molecule has 3 N–H and O–H groups in total. The predicted octanol–water partition coefficient (Wildman–Crippen LogP) is -0.245. The third-order valence-electron chi connectivity index (χ3n) is 4.47. The van der Waals surface area contributed by atoms with E-state index in [2.05, 4.69) is 25.2 Å². The lowest BCUT2D eigenvalue weighted by Crippen LogP contribution is -3.14. The molecule has 0 aliphatic carbocycles. The molecule has 1 aromatic carbocycles. The number of fused-ring (bicyclic) bond motifs is 1. The zero-order chi connectivity index (χ0) is 15.4. The molecule has 0 unspecified atom stereocenters. The average Bonchev–Trinajstić information content (AvgIpc) is 2.53. The molecular weight excluding hydrogens is 268 g/mol. The highest BCUT2D eigenvalue weighted by Crippen LogP contribution is 2.44. The highest BCUT2D eigenvalue weighted by Gasteiger charge is 2.36. The van der Waals surface area contributed by atoms with E-state index in [-0.39, 0.29) is 0 Å². The lowest BCUT2D eigenvalue weighted by molar-refractivity contribution is -0.945. The summed E-state index contributed by atoms with van der Waals surface area (Å²) in [6.07, 6.45) is 0. The van der Waals surface area contributed by atoms with Crippen LogP contribution in [0.5, 0.6) is 17.2 Å². The van der Waals surface area contributed by atoms with Crippen molar-refractivity contribution in [1.29, 1.82) is 0 Å². The second kappa shape index (κ2) is 7.00. The van der Waals surface area contributed by atoms with Crippen molar-refractivity contribution in [2.24, 2.45) is 0 Å². The zero-order valence-electron chi connectivity index (χ0n) is 13.8. The van der Waals surface area contributed by atoms with Gasteiger partial charge < -0.3 is 24.4 Å². The van der Waals surface area contributed by atoms with Gasteiger partial charge >= 0.3 is 0 Å². The van der Waals surface area contributed by atoms with Gasteiger partial charge in [-0.3, -0.25) is 0 Å². The molecular formula is C16H28N2O3+2. The summed E-state index contributed by atoms with van der Waals surface area (Å²) < 4.78 is 16.7. The fourth-order valence-corrected chi connectivity index (χ4v) is 3.42. The number of methoxy groups -OCH3 is 3. The highest BCUT2D eigenvalue weighted by atomic mass is 16.5. The molecule has 0 spiro atoms. The summed E-state index contributed by atoms with van der Waals surface area (Å²) in [6.45, 7) is 8.72. The maximum Gasteiger partial charge on any atom is 0.203 e. The SMILES string of the molecule is CC[NH+](CC)[C@H]1C[NH2+]Cc2cc(OC)c(OC)c(OC)c21. The number of hydrogen-bond acceptors (Lipinski definition) is 3. The van der Waals surface area contributed by atoms with Crippen molar-refractivity contribution >= 4 is 0 Å². The van der Waals surface area contributed by atoms with E-state index in [9.17, 15) is 0 Å². The van der Waals surface area contributed by atoms with E-state index in [1.54, 1.807) is 26.2 Å². The van der Waals surface area contributed by atoms with Crippen molar-refractivity contribution in [2.75, 3.05) is 41.0 Å². The Morgan fingerprint density at radius 3 is 2.29 bits per heavy atom. The topological polar surface area (TPSA) is 48.7 Å². The first kappa shape index (κ1) is 15.9. The molecule has 0 fully saturated rings. The van der Waals surface area contributed by atoms with Crippen LogP contribution in [0.2, 0.25) is 0 Å². The van der Waals surface area contributed by atoms with E-state index >= 15 is 0 Å². The third kappa shape index (κ3) is 2.80. The number of ether oxygens (including phenoxy) is 3. The summed E-state index contributed by atoms with van der Waals surface area (Å²) in [5.41, 5.74) is 2.58. The number of benzene rings is 1. The van der Waals surface area contributed by atoms with Crippen molar-refractivity contribution < 1.29 is 24.4 Å². The van der Waals surface area contributed by atoms with Gasteiger partial charge in [-0.05, 0) is 19.9 Å². The van der Waals surface area contributed by atoms with Crippen LogP contribution in [-0.2, 0) is 6.54 Å². The summed E-state index contributed by atoms with van der Waals surface area (Å²) in [6, 6.07) is 2.53. The van der Waals surface area contributed by atoms with Crippen molar-refractivity contribution in [3.05, 3.63) is 17.2 Å². The number of rotatable bonds is 6. The molecule has 21 heavy (non-hydrogen) atoms. The minimum Gasteiger partial charge on any atom is -0.493 e. The molecule has 0 saturated heterocycles. The Morgan fingerprint density at radius 2 is 1.76 bits per heavy atom. The molecule has 1 aliphatic rings. The average molecular weight is 296 g/mol. The van der Waals surface area contributed by atoms with E-state index in [1.807, 2.05) is 0 Å². The lowest BCUT2D eigenvalue weighted by Gasteiger charge is -2.32. The fourth-order valence-electron chi connectivity index (χ4n) is 3.42. The molecule has 1 aliphatic heterocycles. The van der Waals surface area contributed by atoms with Gasteiger partial charge in [0.1, 0.15) is 13.1 Å². The maximum atomic E-state index is 5.71. The third-order valence-corrected chi connectivity index (χ3v) is 4.47. The van der Waals surface area contributed by atoms with E-state index < -0.39 is 0 Å². The molecule has 0 aromatic heterocycles. The van der Waals surface area contributed by atoms with Crippen LogP contribution in [-0.4, -0.2) is 41.0 Å².